The number of aromatic nitrogens is 4. The van der Waals surface area contributed by atoms with Gasteiger partial charge >= 0.3 is 0 Å². The van der Waals surface area contributed by atoms with E-state index in [1.54, 1.807) is 25.0 Å². The van der Waals surface area contributed by atoms with Crippen LogP contribution in [0.1, 0.15) is 17.8 Å². The van der Waals surface area contributed by atoms with Gasteiger partial charge in [0.25, 0.3) is 0 Å². The Morgan fingerprint density at radius 1 is 0.909 bits per heavy atom. The summed E-state index contributed by atoms with van der Waals surface area (Å²) < 4.78 is 0. The van der Waals surface area contributed by atoms with E-state index in [0.717, 1.165) is 11.4 Å². The van der Waals surface area contributed by atoms with Gasteiger partial charge in [-0.2, -0.15) is 0 Å². The molecule has 0 spiro atoms. The van der Waals surface area contributed by atoms with Crippen LogP contribution in [0.15, 0.2) is 25.0 Å². The molecule has 0 bridgehead atoms. The molecule has 0 aromatic carbocycles. The molecule has 0 saturated heterocycles. The molecule has 0 aliphatic heterocycles. The third-order valence-corrected chi connectivity index (χ3v) is 2.86. The van der Waals surface area contributed by atoms with Crippen LogP contribution < -0.4 is 10.6 Å². The summed E-state index contributed by atoms with van der Waals surface area (Å²) in [5.74, 6) is -0.567. The average Bonchev–Trinajstić information content (AvgIpc) is 3.11. The SMILES string of the molecule is Br.O=C(CC(=O)NCCc1cnc[nH]1)NCCc1cnc[nH]1. The maximum Gasteiger partial charge on any atom is 0.229 e. The number of amides is 2. The molecule has 8 nitrogen and oxygen atoms in total. The molecule has 2 heterocycles. The van der Waals surface area contributed by atoms with E-state index in [4.69, 9.17) is 0 Å². The smallest absolute Gasteiger partial charge is 0.229 e. The lowest BCUT2D eigenvalue weighted by molar-refractivity contribution is -0.129. The van der Waals surface area contributed by atoms with Crippen molar-refractivity contribution >= 4 is 28.8 Å². The summed E-state index contributed by atoms with van der Waals surface area (Å²) in [7, 11) is 0. The van der Waals surface area contributed by atoms with Crippen LogP contribution in [0.3, 0.4) is 0 Å². The lowest BCUT2D eigenvalue weighted by atomic mass is 10.3. The molecule has 22 heavy (non-hydrogen) atoms. The summed E-state index contributed by atoms with van der Waals surface area (Å²) in [6, 6.07) is 0. The Bertz CT molecular complexity index is 505. The molecule has 0 fully saturated rings. The van der Waals surface area contributed by atoms with Crippen LogP contribution in [0.2, 0.25) is 0 Å². The summed E-state index contributed by atoms with van der Waals surface area (Å²) in [4.78, 5) is 36.8. The third-order valence-electron chi connectivity index (χ3n) is 2.86. The van der Waals surface area contributed by atoms with Crippen LogP contribution >= 0.6 is 17.0 Å². The monoisotopic (exact) mass is 370 g/mol. The van der Waals surface area contributed by atoms with Crippen molar-refractivity contribution in [2.24, 2.45) is 0 Å². The number of hydrogen-bond donors (Lipinski definition) is 4. The molecule has 2 amide bonds. The molecule has 0 saturated carbocycles. The van der Waals surface area contributed by atoms with E-state index in [1.165, 1.54) is 0 Å². The van der Waals surface area contributed by atoms with Crippen LogP contribution in [0, 0.1) is 0 Å². The third kappa shape index (κ3) is 6.53. The molecule has 120 valence electrons. The number of halogens is 1. The minimum atomic E-state index is -0.284. The summed E-state index contributed by atoms with van der Waals surface area (Å²) in [5, 5.41) is 5.38. The summed E-state index contributed by atoms with van der Waals surface area (Å²) in [6.45, 7) is 0.949. The molecule has 2 aromatic heterocycles. The molecule has 0 aliphatic rings. The molecule has 0 atom stereocenters. The lowest BCUT2D eigenvalue weighted by Crippen LogP contribution is -2.33. The second-order valence-electron chi connectivity index (χ2n) is 4.53. The molecule has 0 unspecified atom stereocenters. The van der Waals surface area contributed by atoms with Crippen LogP contribution in [0.25, 0.3) is 0 Å². The van der Waals surface area contributed by atoms with Gasteiger partial charge in [-0.1, -0.05) is 0 Å². The second kappa shape index (κ2) is 9.72. The molecule has 4 N–H and O–H groups in total. The molecule has 0 aliphatic carbocycles. The normalized spacial score (nSPS) is 9.82. The van der Waals surface area contributed by atoms with E-state index in [1.807, 2.05) is 0 Å². The largest absolute Gasteiger partial charge is 0.355 e. The minimum Gasteiger partial charge on any atom is -0.355 e. The van der Waals surface area contributed by atoms with Gasteiger partial charge in [0.2, 0.25) is 11.8 Å². The standard InChI is InChI=1S/C13H18N6O2.BrH/c20-12(16-3-1-10-6-14-8-18-10)5-13(21)17-4-2-11-7-15-9-19-11;/h6-9H,1-5H2,(H,14,18)(H,15,19)(H,16,20)(H,17,21);1H. The van der Waals surface area contributed by atoms with Gasteiger partial charge in [0.1, 0.15) is 6.42 Å². The van der Waals surface area contributed by atoms with Gasteiger partial charge < -0.3 is 20.6 Å². The van der Waals surface area contributed by atoms with Gasteiger partial charge in [-0.15, -0.1) is 17.0 Å². The van der Waals surface area contributed by atoms with Gasteiger partial charge in [-0.25, -0.2) is 9.97 Å². The van der Waals surface area contributed by atoms with Gasteiger partial charge in [0.15, 0.2) is 0 Å². The fraction of sp³-hybridized carbons (Fsp3) is 0.385. The Labute approximate surface area is 138 Å². The van der Waals surface area contributed by atoms with Gasteiger partial charge in [0.05, 0.1) is 12.7 Å². The minimum absolute atomic E-state index is 0. The van der Waals surface area contributed by atoms with E-state index in [2.05, 4.69) is 30.6 Å². The van der Waals surface area contributed by atoms with E-state index in [-0.39, 0.29) is 35.2 Å². The van der Waals surface area contributed by atoms with Crippen molar-refractivity contribution in [1.29, 1.82) is 0 Å². The topological polar surface area (TPSA) is 116 Å². The molecule has 0 radical (unpaired) electrons. The Morgan fingerprint density at radius 2 is 1.36 bits per heavy atom. The van der Waals surface area contributed by atoms with E-state index >= 15 is 0 Å². The first kappa shape index (κ1) is 17.9. The Hall–Kier alpha value is -2.16. The lowest BCUT2D eigenvalue weighted by Gasteiger charge is -2.05. The number of carbonyl (C=O) groups excluding carboxylic acids is 2. The predicted molar refractivity (Wildman–Crippen MR) is 85.5 cm³/mol. The number of aromatic amines is 2. The molecular formula is C13H19BrN6O2. The first-order chi connectivity index (χ1) is 10.2. The highest BCUT2D eigenvalue weighted by molar-refractivity contribution is 8.93. The zero-order valence-electron chi connectivity index (χ0n) is 12.0. The summed E-state index contributed by atoms with van der Waals surface area (Å²) >= 11 is 0. The van der Waals surface area contributed by atoms with E-state index < -0.39 is 0 Å². The number of nitrogens with one attached hydrogen (secondary N) is 4. The number of carbonyl (C=O) groups is 2. The number of hydrogen-bond acceptors (Lipinski definition) is 4. The highest BCUT2D eigenvalue weighted by atomic mass is 79.9. The second-order valence-corrected chi connectivity index (χ2v) is 4.53. The maximum atomic E-state index is 11.6. The quantitative estimate of drug-likeness (QED) is 0.493. The fourth-order valence-corrected chi connectivity index (χ4v) is 1.79. The molecule has 9 heteroatoms. The first-order valence-corrected chi connectivity index (χ1v) is 6.72. The van der Waals surface area contributed by atoms with Crippen molar-refractivity contribution in [2.45, 2.75) is 19.3 Å². The van der Waals surface area contributed by atoms with E-state index in [0.29, 0.717) is 25.9 Å². The van der Waals surface area contributed by atoms with Crippen LogP contribution in [0.4, 0.5) is 0 Å². The van der Waals surface area contributed by atoms with E-state index in [9.17, 15) is 9.59 Å². The Morgan fingerprint density at radius 3 is 1.73 bits per heavy atom. The van der Waals surface area contributed by atoms with Crippen molar-refractivity contribution in [3.8, 4) is 0 Å². The average molecular weight is 371 g/mol. The number of imidazole rings is 2. The van der Waals surface area contributed by atoms with Crippen molar-refractivity contribution in [2.75, 3.05) is 13.1 Å². The zero-order valence-corrected chi connectivity index (χ0v) is 13.7. The fourth-order valence-electron chi connectivity index (χ4n) is 1.79. The van der Waals surface area contributed by atoms with Gasteiger partial charge in [0, 0.05) is 49.7 Å². The highest BCUT2D eigenvalue weighted by Gasteiger charge is 2.08. The zero-order chi connectivity index (χ0) is 14.9. The highest BCUT2D eigenvalue weighted by Crippen LogP contribution is 1.92. The van der Waals surface area contributed by atoms with Crippen LogP contribution in [-0.4, -0.2) is 44.8 Å². The molecule has 2 rings (SSSR count). The molecule has 2 aromatic rings. The van der Waals surface area contributed by atoms with Crippen molar-refractivity contribution in [1.82, 2.24) is 30.6 Å². The first-order valence-electron chi connectivity index (χ1n) is 6.72. The van der Waals surface area contributed by atoms with Crippen LogP contribution in [-0.2, 0) is 22.4 Å². The molecular weight excluding hydrogens is 352 g/mol. The van der Waals surface area contributed by atoms with Crippen molar-refractivity contribution < 1.29 is 9.59 Å². The van der Waals surface area contributed by atoms with Crippen molar-refractivity contribution in [3.05, 3.63) is 36.4 Å². The predicted octanol–water partition coefficient (Wildman–Crippen LogP) is 0.118. The number of H-pyrrole nitrogens is 2. The maximum absolute atomic E-state index is 11.6. The Kier molecular flexibility index (Phi) is 7.90. The summed E-state index contributed by atoms with van der Waals surface area (Å²) in [5.41, 5.74) is 1.89. The number of rotatable bonds is 8. The number of nitrogens with zero attached hydrogens (tertiary/aromatic N) is 2. The van der Waals surface area contributed by atoms with Crippen LogP contribution in [0.5, 0.6) is 0 Å². The van der Waals surface area contributed by atoms with Crippen molar-refractivity contribution in [3.63, 3.8) is 0 Å². The summed E-state index contributed by atoms with van der Waals surface area (Å²) in [6.07, 6.45) is 7.74. The van der Waals surface area contributed by atoms with Gasteiger partial charge in [-0.05, 0) is 0 Å². The van der Waals surface area contributed by atoms with Gasteiger partial charge in [-0.3, -0.25) is 9.59 Å². The Balaban J connectivity index is 0.00000242.